The first-order chi connectivity index (χ1) is 15.4. The maximum atomic E-state index is 12.9. The van der Waals surface area contributed by atoms with Gasteiger partial charge in [-0.3, -0.25) is 9.69 Å². The Labute approximate surface area is 192 Å². The zero-order valence-electron chi connectivity index (χ0n) is 20.0. The van der Waals surface area contributed by atoms with Gasteiger partial charge in [0.25, 0.3) is 0 Å². The molecule has 5 rings (SSSR count). The number of nitrogens with zero attached hydrogens (tertiary/aromatic N) is 2. The largest absolute Gasteiger partial charge is 0.497 e. The van der Waals surface area contributed by atoms with E-state index >= 15 is 0 Å². The van der Waals surface area contributed by atoms with Crippen LogP contribution >= 0.6 is 0 Å². The molecule has 174 valence electrons. The number of hydrogen-bond donors (Lipinski definition) is 0. The Morgan fingerprint density at radius 1 is 1.19 bits per heavy atom. The molecule has 0 amide bonds. The van der Waals surface area contributed by atoms with Gasteiger partial charge in [-0.25, -0.2) is 0 Å². The van der Waals surface area contributed by atoms with Crippen LogP contribution in [0.5, 0.6) is 5.75 Å². The third-order valence-electron chi connectivity index (χ3n) is 8.65. The van der Waals surface area contributed by atoms with Gasteiger partial charge in [0.15, 0.2) is 0 Å². The molecule has 0 unspecified atom stereocenters. The average Bonchev–Trinajstić information content (AvgIpc) is 3.06. The van der Waals surface area contributed by atoms with E-state index in [0.717, 1.165) is 38.3 Å². The minimum atomic E-state index is -0.0223. The Hall–Kier alpha value is -2.01. The lowest BCUT2D eigenvalue weighted by Gasteiger charge is -2.46. The topological polar surface area (TPSA) is 42.0 Å². The van der Waals surface area contributed by atoms with E-state index in [-0.39, 0.29) is 29.3 Å². The molecule has 0 radical (unpaired) electrons. The lowest BCUT2D eigenvalue weighted by Crippen LogP contribution is -2.53. The molecule has 3 fully saturated rings. The highest BCUT2D eigenvalue weighted by molar-refractivity contribution is 5.76. The zero-order chi connectivity index (χ0) is 22.5. The molecule has 2 aliphatic carbocycles. The third-order valence-corrected chi connectivity index (χ3v) is 8.65. The second kappa shape index (κ2) is 8.40. The standard InChI is InChI=1S/C27H38N2O3/c1-18-6-5-11-27(3)15-25-22(14-24(18)27)23(26(30)32-25)17-28-12-13-29(19(2)16-28)20-7-9-21(31-4)10-8-20/h7-10,14,18-19,22-23,25H,5-6,11-13,15-17H2,1-4H3/t18-,19-,22+,23-,25-,27+/m1/s1. The summed E-state index contributed by atoms with van der Waals surface area (Å²) in [4.78, 5) is 17.9. The number of hydrogen-bond acceptors (Lipinski definition) is 5. The predicted molar refractivity (Wildman–Crippen MR) is 127 cm³/mol. The zero-order valence-corrected chi connectivity index (χ0v) is 20.0. The fraction of sp³-hybridized carbons (Fsp3) is 0.667. The summed E-state index contributed by atoms with van der Waals surface area (Å²) in [5, 5.41) is 0. The van der Waals surface area contributed by atoms with E-state index in [1.54, 1.807) is 12.7 Å². The van der Waals surface area contributed by atoms with Crippen LogP contribution in [0.15, 0.2) is 35.9 Å². The highest BCUT2D eigenvalue weighted by atomic mass is 16.6. The molecule has 5 nitrogen and oxygen atoms in total. The number of esters is 1. The molecule has 6 atom stereocenters. The fourth-order valence-electron chi connectivity index (χ4n) is 6.89. The van der Waals surface area contributed by atoms with Crippen molar-refractivity contribution in [1.82, 2.24) is 4.90 Å². The second-order valence-electron chi connectivity index (χ2n) is 10.8. The van der Waals surface area contributed by atoms with E-state index in [9.17, 15) is 4.79 Å². The lowest BCUT2D eigenvalue weighted by molar-refractivity contribution is -0.145. The number of carbonyl (C=O) groups excluding carboxylic acids is 1. The van der Waals surface area contributed by atoms with Crippen molar-refractivity contribution in [1.29, 1.82) is 0 Å². The number of rotatable bonds is 4. The van der Waals surface area contributed by atoms with Gasteiger partial charge < -0.3 is 14.4 Å². The van der Waals surface area contributed by atoms with Gasteiger partial charge in [0, 0.05) is 43.8 Å². The number of fused-ring (bicyclic) bond motifs is 2. The Morgan fingerprint density at radius 2 is 1.97 bits per heavy atom. The van der Waals surface area contributed by atoms with Gasteiger partial charge >= 0.3 is 5.97 Å². The van der Waals surface area contributed by atoms with Crippen LogP contribution in [0.1, 0.15) is 46.5 Å². The first kappa shape index (κ1) is 21.8. The molecule has 2 saturated heterocycles. The maximum absolute atomic E-state index is 12.9. The van der Waals surface area contributed by atoms with Crippen LogP contribution in [0, 0.1) is 23.2 Å². The molecule has 2 aliphatic heterocycles. The van der Waals surface area contributed by atoms with Crippen molar-refractivity contribution < 1.29 is 14.3 Å². The monoisotopic (exact) mass is 438 g/mol. The first-order valence-corrected chi connectivity index (χ1v) is 12.4. The number of piperazine rings is 1. The van der Waals surface area contributed by atoms with Crippen molar-refractivity contribution in [3.63, 3.8) is 0 Å². The number of allylic oxidation sites excluding steroid dienone is 1. The summed E-state index contributed by atoms with van der Waals surface area (Å²) in [6.07, 6.45) is 7.37. The van der Waals surface area contributed by atoms with Gasteiger partial charge in [0.2, 0.25) is 0 Å². The van der Waals surface area contributed by atoms with Gasteiger partial charge in [-0.15, -0.1) is 0 Å². The van der Waals surface area contributed by atoms with Crippen LogP contribution in [0.3, 0.4) is 0 Å². The molecular weight excluding hydrogens is 400 g/mol. The van der Waals surface area contributed by atoms with Gasteiger partial charge in [-0.1, -0.05) is 31.9 Å². The lowest BCUT2D eigenvalue weighted by atomic mass is 9.59. The number of ether oxygens (including phenoxy) is 2. The molecular formula is C27H38N2O3. The number of anilines is 1. The van der Waals surface area contributed by atoms with E-state index in [1.165, 1.54) is 24.9 Å². The second-order valence-corrected chi connectivity index (χ2v) is 10.8. The van der Waals surface area contributed by atoms with Gasteiger partial charge in [0.05, 0.1) is 13.0 Å². The minimum absolute atomic E-state index is 0.0223. The molecule has 1 aromatic rings. The van der Waals surface area contributed by atoms with Crippen molar-refractivity contribution in [2.75, 3.05) is 38.2 Å². The summed E-state index contributed by atoms with van der Waals surface area (Å²) in [6, 6.07) is 8.73. The molecule has 5 heteroatoms. The summed E-state index contributed by atoms with van der Waals surface area (Å²) >= 11 is 0. The van der Waals surface area contributed by atoms with E-state index < -0.39 is 0 Å². The third kappa shape index (κ3) is 3.83. The average molecular weight is 439 g/mol. The fourth-order valence-corrected chi connectivity index (χ4v) is 6.89. The van der Waals surface area contributed by atoms with Crippen molar-refractivity contribution in [3.8, 4) is 5.75 Å². The van der Waals surface area contributed by atoms with Crippen LogP contribution in [-0.4, -0.2) is 56.3 Å². The predicted octanol–water partition coefficient (Wildman–Crippen LogP) is 4.52. The van der Waals surface area contributed by atoms with E-state index in [2.05, 4.69) is 48.8 Å². The van der Waals surface area contributed by atoms with Crippen LogP contribution < -0.4 is 9.64 Å². The minimum Gasteiger partial charge on any atom is -0.497 e. The number of benzene rings is 1. The highest BCUT2D eigenvalue weighted by Crippen LogP contribution is 2.54. The van der Waals surface area contributed by atoms with E-state index in [4.69, 9.17) is 9.47 Å². The quantitative estimate of drug-likeness (QED) is 0.511. The van der Waals surface area contributed by atoms with Gasteiger partial charge in [-0.05, 0) is 61.8 Å². The molecule has 1 saturated carbocycles. The molecule has 0 aromatic heterocycles. The highest BCUT2D eigenvalue weighted by Gasteiger charge is 2.52. The molecule has 0 spiro atoms. The molecule has 0 N–H and O–H groups in total. The van der Waals surface area contributed by atoms with E-state index in [1.807, 2.05) is 12.1 Å². The summed E-state index contributed by atoms with van der Waals surface area (Å²) in [6.45, 7) is 10.8. The molecule has 0 bridgehead atoms. The van der Waals surface area contributed by atoms with Crippen molar-refractivity contribution in [3.05, 3.63) is 35.9 Å². The van der Waals surface area contributed by atoms with E-state index in [0.29, 0.717) is 12.0 Å². The van der Waals surface area contributed by atoms with Crippen LogP contribution in [0.4, 0.5) is 5.69 Å². The van der Waals surface area contributed by atoms with Crippen LogP contribution in [0.2, 0.25) is 0 Å². The maximum Gasteiger partial charge on any atom is 0.311 e. The number of methoxy groups -OCH3 is 1. The van der Waals surface area contributed by atoms with Crippen LogP contribution in [0.25, 0.3) is 0 Å². The van der Waals surface area contributed by atoms with Crippen LogP contribution in [-0.2, 0) is 9.53 Å². The summed E-state index contributed by atoms with van der Waals surface area (Å²) in [7, 11) is 1.70. The summed E-state index contributed by atoms with van der Waals surface area (Å²) in [5.74, 6) is 1.78. The Balaban J connectivity index is 1.27. The Kier molecular flexibility index (Phi) is 5.73. The van der Waals surface area contributed by atoms with Crippen molar-refractivity contribution in [2.24, 2.45) is 23.2 Å². The smallest absolute Gasteiger partial charge is 0.311 e. The Morgan fingerprint density at radius 3 is 2.69 bits per heavy atom. The van der Waals surface area contributed by atoms with Crippen molar-refractivity contribution >= 4 is 11.7 Å². The molecule has 1 aromatic carbocycles. The molecule has 32 heavy (non-hydrogen) atoms. The Bertz CT molecular complexity index is 881. The molecule has 2 heterocycles. The normalized spacial score (nSPS) is 37.4. The molecule has 4 aliphatic rings. The van der Waals surface area contributed by atoms with Gasteiger partial charge in [0.1, 0.15) is 11.9 Å². The SMILES string of the molecule is COc1ccc(N2CCN(C[C@H]3C(=O)O[C@@H]4C[C@]5(C)CCC[C@@H](C)C5=C[C@H]43)C[C@H]2C)cc1. The van der Waals surface area contributed by atoms with Gasteiger partial charge in [-0.2, -0.15) is 0 Å². The number of carbonyl (C=O) groups is 1. The summed E-state index contributed by atoms with van der Waals surface area (Å²) < 4.78 is 11.3. The van der Waals surface area contributed by atoms with Crippen molar-refractivity contribution in [2.45, 2.75) is 58.6 Å². The summed E-state index contributed by atoms with van der Waals surface area (Å²) in [5.41, 5.74) is 3.07. The first-order valence-electron chi connectivity index (χ1n) is 12.4.